The van der Waals surface area contributed by atoms with Crippen LogP contribution in [0.1, 0.15) is 38.3 Å². The van der Waals surface area contributed by atoms with E-state index in [1.807, 2.05) is 13.1 Å². The maximum atomic E-state index is 5.57. The number of hydrogen-bond donors (Lipinski definition) is 1. The molecule has 2 heterocycles. The Bertz CT molecular complexity index is 380. The van der Waals surface area contributed by atoms with E-state index in [4.69, 9.17) is 4.74 Å². The summed E-state index contributed by atoms with van der Waals surface area (Å²) in [5.41, 5.74) is 1.27. The molecular formula is C15H24N2OS. The number of rotatable bonds is 7. The molecule has 4 heteroatoms. The highest BCUT2D eigenvalue weighted by molar-refractivity contribution is 7.99. The van der Waals surface area contributed by atoms with Gasteiger partial charge < -0.3 is 10.1 Å². The summed E-state index contributed by atoms with van der Waals surface area (Å²) in [5, 5.41) is 3.69. The standard InChI is InChI=1S/C15H24N2OS/c1-3-6-17-15(12-5-7-19-11-12)13-8-14(18-4-2)10-16-9-13/h8-10,12,15,17H,3-7,11H2,1-2H3. The summed E-state index contributed by atoms with van der Waals surface area (Å²) in [4.78, 5) is 4.33. The van der Waals surface area contributed by atoms with Crippen LogP contribution in [0.5, 0.6) is 5.75 Å². The molecule has 1 N–H and O–H groups in total. The van der Waals surface area contributed by atoms with Gasteiger partial charge in [-0.15, -0.1) is 0 Å². The van der Waals surface area contributed by atoms with Gasteiger partial charge in [-0.05, 0) is 55.4 Å². The van der Waals surface area contributed by atoms with E-state index in [1.165, 1.54) is 23.5 Å². The Balaban J connectivity index is 2.13. The van der Waals surface area contributed by atoms with Gasteiger partial charge >= 0.3 is 0 Å². The van der Waals surface area contributed by atoms with Crippen molar-refractivity contribution in [2.45, 2.75) is 32.7 Å². The van der Waals surface area contributed by atoms with Gasteiger partial charge in [-0.2, -0.15) is 11.8 Å². The summed E-state index contributed by atoms with van der Waals surface area (Å²) in [6, 6.07) is 2.56. The van der Waals surface area contributed by atoms with Crippen LogP contribution in [0.2, 0.25) is 0 Å². The summed E-state index contributed by atoms with van der Waals surface area (Å²) in [6.45, 7) is 5.97. The fraction of sp³-hybridized carbons (Fsp3) is 0.667. The number of nitrogens with one attached hydrogen (secondary N) is 1. The number of pyridine rings is 1. The van der Waals surface area contributed by atoms with E-state index >= 15 is 0 Å². The average molecular weight is 280 g/mol. The molecule has 2 atom stereocenters. The smallest absolute Gasteiger partial charge is 0.137 e. The van der Waals surface area contributed by atoms with E-state index in [1.54, 1.807) is 6.20 Å². The molecule has 1 aliphatic heterocycles. The first-order chi connectivity index (χ1) is 9.35. The third kappa shape index (κ3) is 4.11. The summed E-state index contributed by atoms with van der Waals surface area (Å²) in [6.07, 6.45) is 6.24. The zero-order valence-corrected chi connectivity index (χ0v) is 12.7. The van der Waals surface area contributed by atoms with Crippen LogP contribution in [-0.2, 0) is 0 Å². The molecule has 106 valence electrons. The molecule has 1 fully saturated rings. The highest BCUT2D eigenvalue weighted by Crippen LogP contribution is 2.34. The Morgan fingerprint density at radius 2 is 2.37 bits per heavy atom. The number of hydrogen-bond acceptors (Lipinski definition) is 4. The minimum atomic E-state index is 0.419. The van der Waals surface area contributed by atoms with Crippen LogP contribution >= 0.6 is 11.8 Å². The molecule has 1 saturated heterocycles. The Morgan fingerprint density at radius 3 is 3.05 bits per heavy atom. The van der Waals surface area contributed by atoms with Crippen LogP contribution in [0, 0.1) is 5.92 Å². The maximum absolute atomic E-state index is 5.57. The topological polar surface area (TPSA) is 34.2 Å². The summed E-state index contributed by atoms with van der Waals surface area (Å²) in [5.74, 6) is 4.14. The molecule has 1 aromatic rings. The van der Waals surface area contributed by atoms with Crippen LogP contribution in [-0.4, -0.2) is 29.6 Å². The normalized spacial score (nSPS) is 20.4. The fourth-order valence-electron chi connectivity index (χ4n) is 2.52. The van der Waals surface area contributed by atoms with Crippen molar-refractivity contribution in [2.75, 3.05) is 24.7 Å². The second-order valence-corrected chi connectivity index (χ2v) is 6.09. The number of aromatic nitrogens is 1. The summed E-state index contributed by atoms with van der Waals surface area (Å²) < 4.78 is 5.57. The average Bonchev–Trinajstić information content (AvgIpc) is 2.94. The Kier molecular flexibility index (Phi) is 5.98. The third-order valence-electron chi connectivity index (χ3n) is 3.45. The van der Waals surface area contributed by atoms with E-state index in [0.717, 1.165) is 24.6 Å². The van der Waals surface area contributed by atoms with Crippen LogP contribution in [0.3, 0.4) is 0 Å². The molecule has 0 bridgehead atoms. The molecule has 0 aliphatic carbocycles. The van der Waals surface area contributed by atoms with Crippen molar-refractivity contribution < 1.29 is 4.74 Å². The van der Waals surface area contributed by atoms with Gasteiger partial charge in [0.05, 0.1) is 12.8 Å². The fourth-order valence-corrected chi connectivity index (χ4v) is 3.82. The summed E-state index contributed by atoms with van der Waals surface area (Å²) >= 11 is 2.06. The quantitative estimate of drug-likeness (QED) is 0.831. The van der Waals surface area contributed by atoms with Gasteiger partial charge in [-0.3, -0.25) is 4.98 Å². The van der Waals surface area contributed by atoms with E-state index in [2.05, 4.69) is 35.1 Å². The lowest BCUT2D eigenvalue weighted by molar-refractivity contribution is 0.335. The molecule has 1 aliphatic rings. The maximum Gasteiger partial charge on any atom is 0.137 e. The molecular weight excluding hydrogens is 256 g/mol. The van der Waals surface area contributed by atoms with Crippen molar-refractivity contribution in [2.24, 2.45) is 5.92 Å². The van der Waals surface area contributed by atoms with Crippen molar-refractivity contribution in [3.05, 3.63) is 24.0 Å². The molecule has 0 amide bonds. The number of thioether (sulfide) groups is 1. The van der Waals surface area contributed by atoms with E-state index in [9.17, 15) is 0 Å². The third-order valence-corrected chi connectivity index (χ3v) is 4.64. The molecule has 2 rings (SSSR count). The molecule has 0 saturated carbocycles. The van der Waals surface area contributed by atoms with Crippen LogP contribution in [0.4, 0.5) is 0 Å². The number of nitrogens with zero attached hydrogens (tertiary/aromatic N) is 1. The predicted molar refractivity (Wildman–Crippen MR) is 81.9 cm³/mol. The van der Waals surface area contributed by atoms with Crippen LogP contribution in [0.25, 0.3) is 0 Å². The zero-order chi connectivity index (χ0) is 13.5. The molecule has 0 spiro atoms. The van der Waals surface area contributed by atoms with Gasteiger partial charge in [-0.1, -0.05) is 6.92 Å². The van der Waals surface area contributed by atoms with Crippen molar-refractivity contribution in [1.82, 2.24) is 10.3 Å². The van der Waals surface area contributed by atoms with Crippen molar-refractivity contribution in [1.29, 1.82) is 0 Å². The Morgan fingerprint density at radius 1 is 1.47 bits per heavy atom. The van der Waals surface area contributed by atoms with Crippen molar-refractivity contribution in [3.63, 3.8) is 0 Å². The first kappa shape index (κ1) is 14.7. The molecule has 19 heavy (non-hydrogen) atoms. The lowest BCUT2D eigenvalue weighted by Gasteiger charge is -2.24. The van der Waals surface area contributed by atoms with E-state index < -0.39 is 0 Å². The van der Waals surface area contributed by atoms with Gasteiger partial charge in [0.15, 0.2) is 0 Å². The second kappa shape index (κ2) is 7.75. The SMILES string of the molecule is CCCNC(c1cncc(OCC)c1)C1CCSC1. The van der Waals surface area contributed by atoms with Gasteiger partial charge in [-0.25, -0.2) is 0 Å². The largest absolute Gasteiger partial charge is 0.492 e. The minimum absolute atomic E-state index is 0.419. The van der Waals surface area contributed by atoms with Crippen LogP contribution < -0.4 is 10.1 Å². The van der Waals surface area contributed by atoms with Crippen molar-refractivity contribution in [3.8, 4) is 5.75 Å². The van der Waals surface area contributed by atoms with Gasteiger partial charge in [0, 0.05) is 12.2 Å². The first-order valence-corrected chi connectivity index (χ1v) is 8.39. The monoisotopic (exact) mass is 280 g/mol. The minimum Gasteiger partial charge on any atom is -0.492 e. The second-order valence-electron chi connectivity index (χ2n) is 4.94. The molecule has 1 aromatic heterocycles. The van der Waals surface area contributed by atoms with Crippen molar-refractivity contribution >= 4 is 11.8 Å². The predicted octanol–water partition coefficient (Wildman–Crippen LogP) is 3.27. The Hall–Kier alpha value is -0.740. The molecule has 3 nitrogen and oxygen atoms in total. The van der Waals surface area contributed by atoms with Crippen LogP contribution in [0.15, 0.2) is 18.5 Å². The van der Waals surface area contributed by atoms with Gasteiger partial charge in [0.2, 0.25) is 0 Å². The summed E-state index contributed by atoms with van der Waals surface area (Å²) in [7, 11) is 0. The van der Waals surface area contributed by atoms with E-state index in [0.29, 0.717) is 12.6 Å². The van der Waals surface area contributed by atoms with Gasteiger partial charge in [0.1, 0.15) is 5.75 Å². The Labute approximate surface area is 120 Å². The van der Waals surface area contributed by atoms with Gasteiger partial charge in [0.25, 0.3) is 0 Å². The molecule has 0 aromatic carbocycles. The zero-order valence-electron chi connectivity index (χ0n) is 11.9. The lowest BCUT2D eigenvalue weighted by Crippen LogP contribution is -2.29. The first-order valence-electron chi connectivity index (χ1n) is 7.24. The van der Waals surface area contributed by atoms with E-state index in [-0.39, 0.29) is 0 Å². The number of ether oxygens (including phenoxy) is 1. The highest BCUT2D eigenvalue weighted by atomic mass is 32.2. The molecule has 2 unspecified atom stereocenters. The lowest BCUT2D eigenvalue weighted by atomic mass is 9.93. The molecule has 0 radical (unpaired) electrons. The highest BCUT2D eigenvalue weighted by Gasteiger charge is 2.26.